The minimum Gasteiger partial charge on any atom is -0.465 e. The second-order valence-corrected chi connectivity index (χ2v) is 14.3. The zero-order chi connectivity index (χ0) is 21.3. The summed E-state index contributed by atoms with van der Waals surface area (Å²) in [5.41, 5.74) is 2.11. The van der Waals surface area contributed by atoms with Gasteiger partial charge in [-0.3, -0.25) is 9.59 Å². The van der Waals surface area contributed by atoms with E-state index >= 15 is 0 Å². The minimum absolute atomic E-state index is 0.0341. The molecule has 2 rings (SSSR count). The Kier molecular flexibility index (Phi) is 6.66. The minimum atomic E-state index is -1.89. The van der Waals surface area contributed by atoms with E-state index in [1.54, 1.807) is 13.8 Å². The maximum atomic E-state index is 12.8. The lowest BCUT2D eigenvalue weighted by Crippen LogP contribution is -2.41. The summed E-state index contributed by atoms with van der Waals surface area (Å²) >= 11 is 0. The molecule has 0 saturated heterocycles. The third-order valence-corrected chi connectivity index (χ3v) is 11.1. The number of ether oxygens (including phenoxy) is 2. The second kappa shape index (κ2) is 8.15. The van der Waals surface area contributed by atoms with Crippen LogP contribution >= 0.6 is 0 Å². The summed E-state index contributed by atoms with van der Waals surface area (Å²) in [6, 6.07) is 0. The Morgan fingerprint density at radius 2 is 1.68 bits per heavy atom. The van der Waals surface area contributed by atoms with Crippen LogP contribution in [0.5, 0.6) is 0 Å². The first-order valence-corrected chi connectivity index (χ1v) is 13.2. The Morgan fingerprint density at radius 1 is 1.14 bits per heavy atom. The molecule has 1 fully saturated rings. The van der Waals surface area contributed by atoms with Crippen molar-refractivity contribution >= 4 is 20.3 Å². The number of fused-ring (bicyclic) bond motifs is 1. The summed E-state index contributed by atoms with van der Waals surface area (Å²) in [4.78, 5) is 25.6. The molecule has 0 aromatic heterocycles. The van der Waals surface area contributed by atoms with Crippen LogP contribution in [0.4, 0.5) is 0 Å². The summed E-state index contributed by atoms with van der Waals surface area (Å²) in [7, 11) is -1.89. The van der Waals surface area contributed by atoms with Gasteiger partial charge in [0.05, 0.1) is 19.8 Å². The van der Waals surface area contributed by atoms with Gasteiger partial charge >= 0.3 is 11.9 Å². The van der Waals surface area contributed by atoms with Crippen molar-refractivity contribution in [2.24, 2.45) is 11.3 Å². The average molecular weight is 409 g/mol. The van der Waals surface area contributed by atoms with Gasteiger partial charge in [0.2, 0.25) is 0 Å². The topological polar surface area (TPSA) is 61.8 Å². The lowest BCUT2D eigenvalue weighted by Gasteiger charge is -2.36. The Labute approximate surface area is 170 Å². The molecule has 158 valence electrons. The van der Waals surface area contributed by atoms with E-state index in [-0.39, 0.29) is 24.2 Å². The zero-order valence-corrected chi connectivity index (χ0v) is 19.6. The van der Waals surface area contributed by atoms with Gasteiger partial charge in [0.1, 0.15) is 0 Å². The van der Waals surface area contributed by atoms with Crippen LogP contribution in [-0.2, 0) is 23.5 Å². The molecular formula is C22H36O5Si. The van der Waals surface area contributed by atoms with Gasteiger partial charge in [-0.2, -0.15) is 0 Å². The van der Waals surface area contributed by atoms with Crippen molar-refractivity contribution in [3.05, 3.63) is 23.3 Å². The number of hydrogen-bond donors (Lipinski definition) is 0. The van der Waals surface area contributed by atoms with E-state index in [9.17, 15) is 9.59 Å². The molecule has 0 amide bonds. The highest BCUT2D eigenvalue weighted by Gasteiger charge is 2.58. The molecule has 0 bridgehead atoms. The highest BCUT2D eigenvalue weighted by molar-refractivity contribution is 6.74. The molecule has 0 aromatic carbocycles. The normalized spacial score (nSPS) is 21.7. The number of hydrogen-bond acceptors (Lipinski definition) is 5. The third-order valence-electron chi connectivity index (χ3n) is 6.60. The summed E-state index contributed by atoms with van der Waals surface area (Å²) in [6.07, 6.45) is 1.53. The van der Waals surface area contributed by atoms with Crippen molar-refractivity contribution in [3.8, 4) is 0 Å². The first kappa shape index (κ1) is 22.9. The number of esters is 2. The van der Waals surface area contributed by atoms with Gasteiger partial charge in [-0.1, -0.05) is 38.5 Å². The van der Waals surface area contributed by atoms with Crippen LogP contribution in [0.1, 0.15) is 53.9 Å². The number of allylic oxidation sites excluding steroid dienone is 2. The molecular weight excluding hydrogens is 372 g/mol. The van der Waals surface area contributed by atoms with Crippen LogP contribution in [0.25, 0.3) is 0 Å². The predicted octanol–water partition coefficient (Wildman–Crippen LogP) is 4.79. The van der Waals surface area contributed by atoms with Crippen LogP contribution < -0.4 is 0 Å². The van der Waals surface area contributed by atoms with Gasteiger partial charge in [0.15, 0.2) is 13.7 Å². The van der Waals surface area contributed by atoms with Gasteiger partial charge in [-0.15, -0.1) is 0 Å². The predicted molar refractivity (Wildman–Crippen MR) is 112 cm³/mol. The van der Waals surface area contributed by atoms with Crippen LogP contribution in [0.15, 0.2) is 23.3 Å². The second-order valence-electron chi connectivity index (χ2n) is 9.47. The lowest BCUT2D eigenvalue weighted by molar-refractivity contribution is -0.171. The van der Waals surface area contributed by atoms with E-state index in [2.05, 4.69) is 40.4 Å². The fourth-order valence-corrected chi connectivity index (χ4v) is 4.79. The van der Waals surface area contributed by atoms with E-state index in [0.717, 1.165) is 17.6 Å². The van der Waals surface area contributed by atoms with Crippen molar-refractivity contribution in [2.75, 3.05) is 19.8 Å². The maximum absolute atomic E-state index is 12.8. The number of carbonyl (C=O) groups is 2. The molecule has 0 spiro atoms. The van der Waals surface area contributed by atoms with E-state index in [1.807, 2.05) is 0 Å². The van der Waals surface area contributed by atoms with E-state index < -0.39 is 25.7 Å². The maximum Gasteiger partial charge on any atom is 0.323 e. The molecule has 1 unspecified atom stereocenters. The summed E-state index contributed by atoms with van der Waals surface area (Å²) in [5, 5.41) is 0.128. The SMILES string of the molecule is C=C1CC(CO[Si](C)(C)C(C)(C)C)=C2CC(C(=O)OCC)(C(=O)OCC)CC12. The van der Waals surface area contributed by atoms with E-state index in [0.29, 0.717) is 19.4 Å². The van der Waals surface area contributed by atoms with E-state index in [1.165, 1.54) is 5.57 Å². The first-order valence-electron chi connectivity index (χ1n) is 10.3. The van der Waals surface area contributed by atoms with Crippen LogP contribution in [0.2, 0.25) is 18.1 Å². The highest BCUT2D eigenvalue weighted by Crippen LogP contribution is 2.55. The fourth-order valence-electron chi connectivity index (χ4n) is 3.83. The number of rotatable bonds is 7. The van der Waals surface area contributed by atoms with Gasteiger partial charge in [0, 0.05) is 5.92 Å². The molecule has 1 atom stereocenters. The van der Waals surface area contributed by atoms with Crippen molar-refractivity contribution in [2.45, 2.75) is 72.0 Å². The quantitative estimate of drug-likeness (QED) is 0.262. The standard InChI is InChI=1S/C22H36O5Si/c1-9-25-19(23)22(20(24)26-10-2)12-17-15(3)11-16(18(17)13-22)14-27-28(7,8)21(4,5)6/h17H,3,9-14H2,1-2,4-8H3. The van der Waals surface area contributed by atoms with Crippen molar-refractivity contribution in [1.29, 1.82) is 0 Å². The van der Waals surface area contributed by atoms with Gasteiger partial charge < -0.3 is 13.9 Å². The van der Waals surface area contributed by atoms with Crippen molar-refractivity contribution in [3.63, 3.8) is 0 Å². The van der Waals surface area contributed by atoms with Gasteiger partial charge in [0.25, 0.3) is 0 Å². The first-order chi connectivity index (χ1) is 12.9. The summed E-state index contributed by atoms with van der Waals surface area (Å²) < 4.78 is 17.0. The molecule has 0 aromatic rings. The molecule has 5 nitrogen and oxygen atoms in total. The van der Waals surface area contributed by atoms with E-state index in [4.69, 9.17) is 13.9 Å². The Balaban J connectivity index is 2.32. The smallest absolute Gasteiger partial charge is 0.323 e. The largest absolute Gasteiger partial charge is 0.465 e. The van der Waals surface area contributed by atoms with Crippen molar-refractivity contribution in [1.82, 2.24) is 0 Å². The van der Waals surface area contributed by atoms with Crippen LogP contribution in [0.3, 0.4) is 0 Å². The zero-order valence-electron chi connectivity index (χ0n) is 18.6. The molecule has 0 heterocycles. The molecule has 6 heteroatoms. The van der Waals surface area contributed by atoms with Crippen LogP contribution in [-0.4, -0.2) is 40.1 Å². The third kappa shape index (κ3) is 4.13. The summed E-state index contributed by atoms with van der Waals surface area (Å²) in [6.45, 7) is 19.9. The van der Waals surface area contributed by atoms with Gasteiger partial charge in [-0.05, 0) is 56.8 Å². The average Bonchev–Trinajstić information content (AvgIpc) is 3.11. The fraction of sp³-hybridized carbons (Fsp3) is 0.727. The Bertz CT molecular complexity index is 666. The molecule has 28 heavy (non-hydrogen) atoms. The van der Waals surface area contributed by atoms with Crippen molar-refractivity contribution < 1.29 is 23.5 Å². The molecule has 0 radical (unpaired) electrons. The molecule has 1 saturated carbocycles. The van der Waals surface area contributed by atoms with Crippen LogP contribution in [0, 0.1) is 11.3 Å². The Hall–Kier alpha value is -1.40. The molecule has 0 N–H and O–H groups in total. The number of carbonyl (C=O) groups excluding carboxylic acids is 2. The molecule has 0 aliphatic heterocycles. The Morgan fingerprint density at radius 3 is 2.14 bits per heavy atom. The molecule has 2 aliphatic carbocycles. The highest BCUT2D eigenvalue weighted by atomic mass is 28.4. The lowest BCUT2D eigenvalue weighted by atomic mass is 9.83. The monoisotopic (exact) mass is 408 g/mol. The summed E-state index contributed by atoms with van der Waals surface area (Å²) in [5.74, 6) is -0.924. The van der Waals surface area contributed by atoms with Gasteiger partial charge in [-0.25, -0.2) is 0 Å². The molecule has 2 aliphatic rings.